The van der Waals surface area contributed by atoms with E-state index < -0.39 is 6.10 Å². The summed E-state index contributed by atoms with van der Waals surface area (Å²) >= 11 is 0. The van der Waals surface area contributed by atoms with Crippen LogP contribution in [0.25, 0.3) is 22.6 Å². The highest BCUT2D eigenvalue weighted by Crippen LogP contribution is 2.31. The van der Waals surface area contributed by atoms with Gasteiger partial charge in [-0.1, -0.05) is 12.1 Å². The summed E-state index contributed by atoms with van der Waals surface area (Å²) in [7, 11) is 1.77. The van der Waals surface area contributed by atoms with E-state index in [1.807, 2.05) is 37.3 Å². The van der Waals surface area contributed by atoms with Crippen LogP contribution in [0.3, 0.4) is 0 Å². The van der Waals surface area contributed by atoms with E-state index in [2.05, 4.69) is 20.3 Å². The molecule has 9 heteroatoms. The van der Waals surface area contributed by atoms with Crippen molar-refractivity contribution in [3.05, 3.63) is 48.2 Å². The first kappa shape index (κ1) is 24.4. The molecule has 0 amide bonds. The van der Waals surface area contributed by atoms with Crippen LogP contribution < -0.4 is 21.5 Å². The number of aliphatic hydroxyl groups excluding tert-OH is 1. The molecule has 4 rings (SSSR count). The van der Waals surface area contributed by atoms with Gasteiger partial charge >= 0.3 is 0 Å². The van der Waals surface area contributed by atoms with Crippen LogP contribution in [0.1, 0.15) is 18.4 Å². The van der Waals surface area contributed by atoms with E-state index in [9.17, 15) is 5.11 Å². The zero-order valence-corrected chi connectivity index (χ0v) is 19.1. The molecular weight excluding hydrogens is 420 g/mol. The first-order chi connectivity index (χ1) is 16.0. The maximum atomic E-state index is 9.81. The van der Waals surface area contributed by atoms with Crippen LogP contribution in [0.2, 0.25) is 0 Å². The third-order valence-corrected chi connectivity index (χ3v) is 5.08. The summed E-state index contributed by atoms with van der Waals surface area (Å²) in [6.07, 6.45) is 3.59. The van der Waals surface area contributed by atoms with E-state index in [1.54, 1.807) is 19.3 Å². The fourth-order valence-electron chi connectivity index (χ4n) is 3.27. The van der Waals surface area contributed by atoms with Crippen molar-refractivity contribution in [3.63, 3.8) is 0 Å². The highest BCUT2D eigenvalue weighted by Gasteiger charge is 2.15. The van der Waals surface area contributed by atoms with Gasteiger partial charge in [-0.3, -0.25) is 0 Å². The highest BCUT2D eigenvalue weighted by molar-refractivity contribution is 5.77. The van der Waals surface area contributed by atoms with Gasteiger partial charge in [-0.2, -0.15) is 0 Å². The molecule has 0 radical (unpaired) electrons. The first-order valence-corrected chi connectivity index (χ1v) is 11.0. The van der Waals surface area contributed by atoms with E-state index in [1.165, 1.54) is 12.8 Å². The zero-order valence-electron chi connectivity index (χ0n) is 19.1. The number of anilines is 2. The summed E-state index contributed by atoms with van der Waals surface area (Å²) in [4.78, 5) is 13.2. The summed E-state index contributed by atoms with van der Waals surface area (Å²) in [5, 5.41) is 12.7. The van der Waals surface area contributed by atoms with E-state index in [0.717, 1.165) is 24.3 Å². The zero-order chi connectivity index (χ0) is 23.6. The van der Waals surface area contributed by atoms with Crippen molar-refractivity contribution < 1.29 is 14.6 Å². The third-order valence-electron chi connectivity index (χ3n) is 5.08. The molecule has 0 spiro atoms. The van der Waals surface area contributed by atoms with Crippen molar-refractivity contribution in [2.45, 2.75) is 25.9 Å². The van der Waals surface area contributed by atoms with Crippen LogP contribution in [-0.2, 0) is 4.74 Å². The minimum atomic E-state index is -0.597. The molecule has 0 saturated carbocycles. The molecule has 1 aliphatic rings. The van der Waals surface area contributed by atoms with E-state index in [-0.39, 0.29) is 6.61 Å². The lowest BCUT2D eigenvalue weighted by atomic mass is 10.1. The average molecular weight is 453 g/mol. The van der Waals surface area contributed by atoms with Gasteiger partial charge in [0.15, 0.2) is 5.82 Å². The smallest absolute Gasteiger partial charge is 0.162 e. The molecule has 1 aromatic carbocycles. The second-order valence-corrected chi connectivity index (χ2v) is 7.71. The molecular formula is C24H32N6O3. The summed E-state index contributed by atoms with van der Waals surface area (Å²) < 4.78 is 10.6. The van der Waals surface area contributed by atoms with Crippen molar-refractivity contribution in [1.29, 1.82) is 0 Å². The number of aliphatic hydroxyl groups is 1. The number of ether oxygens (including phenoxy) is 2. The number of nitrogens with two attached hydrogens (primary N) is 2. The number of hydrogen-bond donors (Lipinski definition) is 4. The quantitative estimate of drug-likeness (QED) is 0.425. The number of hydrogen-bond acceptors (Lipinski definition) is 9. The van der Waals surface area contributed by atoms with Crippen LogP contribution in [0, 0.1) is 6.92 Å². The number of nitrogen functional groups attached to an aromatic ring is 2. The topological polar surface area (TPSA) is 141 Å². The van der Waals surface area contributed by atoms with Crippen molar-refractivity contribution in [3.8, 4) is 28.4 Å². The van der Waals surface area contributed by atoms with Crippen molar-refractivity contribution >= 4 is 11.6 Å². The van der Waals surface area contributed by atoms with Gasteiger partial charge < -0.3 is 31.4 Å². The van der Waals surface area contributed by atoms with Crippen LogP contribution in [-0.4, -0.2) is 59.6 Å². The van der Waals surface area contributed by atoms with Gasteiger partial charge in [0.1, 0.15) is 30.1 Å². The molecule has 2 aromatic heterocycles. The predicted octanol–water partition coefficient (Wildman–Crippen LogP) is 2.43. The summed E-state index contributed by atoms with van der Waals surface area (Å²) in [5.41, 5.74) is 15.0. The molecule has 1 atom stereocenters. The number of rotatable bonds is 7. The molecule has 1 fully saturated rings. The Morgan fingerprint density at radius 2 is 1.91 bits per heavy atom. The van der Waals surface area contributed by atoms with Gasteiger partial charge in [0.2, 0.25) is 0 Å². The van der Waals surface area contributed by atoms with Gasteiger partial charge in [-0.15, -0.1) is 0 Å². The van der Waals surface area contributed by atoms with E-state index >= 15 is 0 Å². The van der Waals surface area contributed by atoms with Gasteiger partial charge in [0, 0.05) is 42.6 Å². The van der Waals surface area contributed by atoms with Gasteiger partial charge in [0.05, 0.1) is 5.69 Å². The lowest BCUT2D eigenvalue weighted by Gasteiger charge is -2.14. The number of nitrogens with zero attached hydrogens (tertiary/aromatic N) is 3. The van der Waals surface area contributed by atoms with Crippen LogP contribution >= 0.6 is 0 Å². The Hall–Kier alpha value is -3.27. The van der Waals surface area contributed by atoms with Gasteiger partial charge in [0.25, 0.3) is 0 Å². The lowest BCUT2D eigenvalue weighted by Crippen LogP contribution is -2.29. The van der Waals surface area contributed by atoms with Crippen LogP contribution in [0.15, 0.2) is 42.6 Å². The molecule has 1 aliphatic heterocycles. The summed E-state index contributed by atoms with van der Waals surface area (Å²) in [5.74, 6) is 1.82. The Balaban J connectivity index is 0.000000541. The molecule has 1 saturated heterocycles. The molecule has 33 heavy (non-hydrogen) atoms. The number of nitrogens with one attached hydrogen (secondary N) is 1. The molecule has 3 heterocycles. The second-order valence-electron chi connectivity index (χ2n) is 7.71. The largest absolute Gasteiger partial charge is 0.491 e. The Morgan fingerprint density at radius 1 is 1.12 bits per heavy atom. The molecule has 3 aromatic rings. The molecule has 176 valence electrons. The van der Waals surface area contributed by atoms with Gasteiger partial charge in [-0.25, -0.2) is 15.0 Å². The average Bonchev–Trinajstić information content (AvgIpc) is 3.41. The molecule has 0 aliphatic carbocycles. The maximum absolute atomic E-state index is 9.81. The SMILES string of the molecule is C1CCOC1.CNCC(O)COc1cccc(-c2nc(N)c(C)c(-c3cccnc3N)n2)c1. The van der Waals surface area contributed by atoms with Crippen LogP contribution in [0.5, 0.6) is 5.75 Å². The second kappa shape index (κ2) is 12.1. The Labute approximate surface area is 194 Å². The van der Waals surface area contributed by atoms with Crippen molar-refractivity contribution in [1.82, 2.24) is 20.3 Å². The predicted molar refractivity (Wildman–Crippen MR) is 130 cm³/mol. The lowest BCUT2D eigenvalue weighted by molar-refractivity contribution is 0.108. The minimum Gasteiger partial charge on any atom is -0.491 e. The van der Waals surface area contributed by atoms with Crippen molar-refractivity contribution in [2.75, 3.05) is 44.9 Å². The monoisotopic (exact) mass is 452 g/mol. The van der Waals surface area contributed by atoms with E-state index in [0.29, 0.717) is 41.0 Å². The summed E-state index contributed by atoms with van der Waals surface area (Å²) in [6.45, 7) is 4.48. The number of benzene rings is 1. The van der Waals surface area contributed by atoms with Gasteiger partial charge in [-0.05, 0) is 51.1 Å². The molecule has 6 N–H and O–H groups in total. The molecule has 1 unspecified atom stereocenters. The van der Waals surface area contributed by atoms with Crippen LogP contribution in [0.4, 0.5) is 11.6 Å². The Bertz CT molecular complexity index is 1030. The fraction of sp³-hybridized carbons (Fsp3) is 0.375. The third kappa shape index (κ3) is 6.85. The first-order valence-electron chi connectivity index (χ1n) is 11.0. The minimum absolute atomic E-state index is 0.179. The normalized spacial score (nSPS) is 13.8. The van der Waals surface area contributed by atoms with E-state index in [4.69, 9.17) is 20.9 Å². The Morgan fingerprint density at radius 3 is 2.58 bits per heavy atom. The Kier molecular flexibility index (Phi) is 8.94. The number of likely N-dealkylation sites (N-methyl/N-ethyl adjacent to an activating group) is 1. The highest BCUT2D eigenvalue weighted by atomic mass is 16.5. The van der Waals surface area contributed by atoms with Crippen molar-refractivity contribution in [2.24, 2.45) is 0 Å². The number of pyridine rings is 1. The molecule has 0 bridgehead atoms. The number of aromatic nitrogens is 3. The standard InChI is InChI=1S/C20H24N6O2.C4H8O/c1-12-17(16-7-4-8-24-19(16)22)25-20(26-18(12)21)13-5-3-6-15(9-13)28-11-14(27)10-23-2;1-2-4-5-3-1/h3-9,14,23,27H,10-11H2,1-2H3,(H2,22,24)(H2,21,25,26);1-4H2. The maximum Gasteiger partial charge on any atom is 0.162 e. The molecule has 9 nitrogen and oxygen atoms in total. The fourth-order valence-corrected chi connectivity index (χ4v) is 3.27. The summed E-state index contributed by atoms with van der Waals surface area (Å²) in [6, 6.07) is 11.0.